The maximum Gasteiger partial charge on any atom is 0.333 e. The predicted molar refractivity (Wildman–Crippen MR) is 44.3 cm³/mol. The van der Waals surface area contributed by atoms with Crippen LogP contribution in [0.15, 0.2) is 33.4 Å². The van der Waals surface area contributed by atoms with Crippen LogP contribution in [0.4, 0.5) is 0 Å². The highest BCUT2D eigenvalue weighted by atomic mass is 16.4. The maximum atomic E-state index is 10.5. The molecule has 1 N–H and O–H groups in total. The number of carboxylic acids is 1. The summed E-state index contributed by atoms with van der Waals surface area (Å²) in [7, 11) is 0. The Morgan fingerprint density at radius 1 is 1.58 bits per heavy atom. The van der Waals surface area contributed by atoms with E-state index in [9.17, 15) is 4.79 Å². The Kier molecular flexibility index (Phi) is 1.40. The van der Waals surface area contributed by atoms with Gasteiger partial charge in [0.1, 0.15) is 0 Å². The number of aliphatic carboxylic acids is 1. The average molecular weight is 162 g/mol. The summed E-state index contributed by atoms with van der Waals surface area (Å²) in [6, 6.07) is 0. The van der Waals surface area contributed by atoms with Crippen LogP contribution in [-0.2, 0) is 4.79 Å². The Hall–Kier alpha value is -1.71. The smallest absolute Gasteiger partial charge is 0.333 e. The number of hydrogen-bond donors (Lipinski definition) is 1. The molecule has 0 bridgehead atoms. The molecule has 4 heteroatoms. The Bertz CT molecular complexity index is 361. The van der Waals surface area contributed by atoms with Gasteiger partial charge in [0.25, 0.3) is 0 Å². The molecule has 0 aromatic rings. The van der Waals surface area contributed by atoms with Crippen molar-refractivity contribution in [3.05, 3.63) is 23.4 Å². The molecule has 0 atom stereocenters. The van der Waals surface area contributed by atoms with Crippen LogP contribution in [0.1, 0.15) is 6.42 Å². The number of carboxylic acid groups (broad SMARTS) is 1. The molecule has 2 heterocycles. The molecule has 2 aliphatic heterocycles. The van der Waals surface area contributed by atoms with Crippen LogP contribution >= 0.6 is 0 Å². The van der Waals surface area contributed by atoms with Gasteiger partial charge in [-0.2, -0.15) is 0 Å². The second-order valence-electron chi connectivity index (χ2n) is 2.56. The van der Waals surface area contributed by atoms with E-state index in [1.165, 1.54) is 6.20 Å². The minimum Gasteiger partial charge on any atom is -0.478 e. The molecule has 0 amide bonds. The van der Waals surface area contributed by atoms with Gasteiger partial charge in [0.2, 0.25) is 0 Å². The molecule has 0 saturated carbocycles. The molecule has 2 aliphatic rings. The van der Waals surface area contributed by atoms with Crippen molar-refractivity contribution in [1.82, 2.24) is 0 Å². The van der Waals surface area contributed by atoms with E-state index < -0.39 is 5.97 Å². The first-order valence-corrected chi connectivity index (χ1v) is 3.51. The Balaban J connectivity index is 2.33. The van der Waals surface area contributed by atoms with E-state index in [-0.39, 0.29) is 0 Å². The summed E-state index contributed by atoms with van der Waals surface area (Å²) in [5, 5.41) is 8.65. The summed E-state index contributed by atoms with van der Waals surface area (Å²) in [6.45, 7) is 0. The van der Waals surface area contributed by atoms with Gasteiger partial charge < -0.3 is 5.11 Å². The quantitative estimate of drug-likeness (QED) is 0.618. The largest absolute Gasteiger partial charge is 0.478 e. The lowest BCUT2D eigenvalue weighted by atomic mass is 10.0. The van der Waals surface area contributed by atoms with Gasteiger partial charge in [-0.05, 0) is 6.08 Å². The van der Waals surface area contributed by atoms with Gasteiger partial charge in [0, 0.05) is 24.4 Å². The lowest BCUT2D eigenvalue weighted by Gasteiger charge is -2.07. The molecular formula is C8H6N2O2. The molecule has 4 nitrogen and oxygen atoms in total. The van der Waals surface area contributed by atoms with E-state index in [1.54, 1.807) is 12.3 Å². The van der Waals surface area contributed by atoms with Crippen molar-refractivity contribution in [1.29, 1.82) is 0 Å². The molecule has 0 aromatic heterocycles. The molecule has 0 unspecified atom stereocenters. The Morgan fingerprint density at radius 3 is 3.17 bits per heavy atom. The topological polar surface area (TPSA) is 62.0 Å². The monoisotopic (exact) mass is 162 g/mol. The van der Waals surface area contributed by atoms with Gasteiger partial charge >= 0.3 is 5.97 Å². The number of aliphatic imine (C=N–C) groups is 2. The number of amidine groups is 1. The zero-order valence-corrected chi connectivity index (χ0v) is 6.19. The van der Waals surface area contributed by atoms with Gasteiger partial charge in [0.15, 0.2) is 5.84 Å². The third-order valence-corrected chi connectivity index (χ3v) is 1.76. The van der Waals surface area contributed by atoms with Crippen molar-refractivity contribution in [2.45, 2.75) is 6.42 Å². The van der Waals surface area contributed by atoms with Crippen molar-refractivity contribution >= 4 is 18.0 Å². The van der Waals surface area contributed by atoms with Crippen molar-refractivity contribution in [3.8, 4) is 0 Å². The number of hydrogen-bond acceptors (Lipinski definition) is 3. The van der Waals surface area contributed by atoms with Gasteiger partial charge in [0.05, 0.1) is 5.57 Å². The number of carbonyl (C=O) groups is 1. The lowest BCUT2D eigenvalue weighted by Crippen LogP contribution is -2.08. The van der Waals surface area contributed by atoms with Crippen molar-refractivity contribution < 1.29 is 9.90 Å². The first-order chi connectivity index (χ1) is 5.77. The van der Waals surface area contributed by atoms with E-state index in [0.29, 0.717) is 17.8 Å². The molecule has 0 spiro atoms. The fourth-order valence-electron chi connectivity index (χ4n) is 1.13. The number of allylic oxidation sites excluding steroid dienone is 1. The van der Waals surface area contributed by atoms with Crippen molar-refractivity contribution in [2.24, 2.45) is 9.98 Å². The van der Waals surface area contributed by atoms with Gasteiger partial charge in [-0.15, -0.1) is 0 Å². The minimum atomic E-state index is -0.911. The molecular weight excluding hydrogens is 156 g/mol. The molecule has 0 aromatic carbocycles. The van der Waals surface area contributed by atoms with Crippen molar-refractivity contribution in [3.63, 3.8) is 0 Å². The average Bonchev–Trinajstić information content (AvgIpc) is 2.49. The highest BCUT2D eigenvalue weighted by Crippen LogP contribution is 2.21. The lowest BCUT2D eigenvalue weighted by molar-refractivity contribution is -0.132. The third-order valence-electron chi connectivity index (χ3n) is 1.76. The van der Waals surface area contributed by atoms with Crippen LogP contribution < -0.4 is 0 Å². The van der Waals surface area contributed by atoms with E-state index >= 15 is 0 Å². The Morgan fingerprint density at radius 2 is 2.42 bits per heavy atom. The van der Waals surface area contributed by atoms with E-state index in [0.717, 1.165) is 5.57 Å². The second-order valence-corrected chi connectivity index (χ2v) is 2.56. The van der Waals surface area contributed by atoms with Gasteiger partial charge in [-0.1, -0.05) is 0 Å². The maximum absolute atomic E-state index is 10.5. The first kappa shape index (κ1) is 6.97. The van der Waals surface area contributed by atoms with Crippen molar-refractivity contribution in [2.75, 3.05) is 0 Å². The second kappa shape index (κ2) is 2.41. The SMILES string of the molecule is O=C(O)C1=CN=C2N=CC=C2C1. The summed E-state index contributed by atoms with van der Waals surface area (Å²) in [5.41, 5.74) is 1.20. The van der Waals surface area contributed by atoms with Gasteiger partial charge in [-0.25, -0.2) is 14.8 Å². The summed E-state index contributed by atoms with van der Waals surface area (Å²) in [6.07, 6.45) is 5.20. The van der Waals surface area contributed by atoms with Gasteiger partial charge in [-0.3, -0.25) is 0 Å². The highest BCUT2D eigenvalue weighted by molar-refractivity contribution is 6.13. The number of fused-ring (bicyclic) bond motifs is 1. The standard InChI is InChI=1S/C8H6N2O2/c11-8(12)6-3-5-1-2-9-7(5)10-4-6/h1-2,4H,3H2,(H,11,12). The minimum absolute atomic E-state index is 0.315. The normalized spacial score (nSPS) is 19.5. The molecule has 0 aliphatic carbocycles. The molecule has 0 fully saturated rings. The summed E-state index contributed by atoms with van der Waals surface area (Å²) < 4.78 is 0. The van der Waals surface area contributed by atoms with E-state index in [2.05, 4.69) is 9.98 Å². The summed E-state index contributed by atoms with van der Waals surface area (Å²) >= 11 is 0. The predicted octanol–water partition coefficient (Wildman–Crippen LogP) is 0.768. The van der Waals surface area contributed by atoms with Crippen LogP contribution in [0.3, 0.4) is 0 Å². The zero-order valence-electron chi connectivity index (χ0n) is 6.19. The zero-order chi connectivity index (χ0) is 8.55. The van der Waals surface area contributed by atoms with Crippen LogP contribution in [-0.4, -0.2) is 23.1 Å². The molecule has 0 radical (unpaired) electrons. The summed E-state index contributed by atoms with van der Waals surface area (Å²) in [4.78, 5) is 18.4. The van der Waals surface area contributed by atoms with E-state index in [1.807, 2.05) is 0 Å². The first-order valence-electron chi connectivity index (χ1n) is 3.51. The third kappa shape index (κ3) is 0.972. The summed E-state index contributed by atoms with van der Waals surface area (Å²) in [5.74, 6) is -0.273. The molecule has 60 valence electrons. The molecule has 0 saturated heterocycles. The van der Waals surface area contributed by atoms with Crippen LogP contribution in [0.2, 0.25) is 0 Å². The molecule has 2 rings (SSSR count). The fourth-order valence-corrected chi connectivity index (χ4v) is 1.13. The Labute approximate surface area is 68.6 Å². The fraction of sp³-hybridized carbons (Fsp3) is 0.125. The van der Waals surface area contributed by atoms with E-state index in [4.69, 9.17) is 5.11 Å². The van der Waals surface area contributed by atoms with Crippen LogP contribution in [0, 0.1) is 0 Å². The number of nitrogens with zero attached hydrogens (tertiary/aromatic N) is 2. The highest BCUT2D eigenvalue weighted by Gasteiger charge is 2.19. The van der Waals surface area contributed by atoms with Crippen LogP contribution in [0.5, 0.6) is 0 Å². The molecule has 12 heavy (non-hydrogen) atoms. The van der Waals surface area contributed by atoms with Crippen LogP contribution in [0.25, 0.3) is 0 Å². The number of rotatable bonds is 1.